The third kappa shape index (κ3) is 4.15. The average molecular weight is 480 g/mol. The monoisotopic (exact) mass is 480 g/mol. The Bertz CT molecular complexity index is 1130. The van der Waals surface area contributed by atoms with Gasteiger partial charge in [-0.15, -0.1) is 0 Å². The molecule has 0 aliphatic carbocycles. The minimum atomic E-state index is -4.42. The minimum absolute atomic E-state index is 0.0996. The Kier molecular flexibility index (Phi) is 5.70. The van der Waals surface area contributed by atoms with Gasteiger partial charge in [0.05, 0.1) is 0 Å². The molecule has 30 heavy (non-hydrogen) atoms. The molecular formula is C20H18AsF3N3O3. The van der Waals surface area contributed by atoms with Gasteiger partial charge in [-0.2, -0.15) is 0 Å². The molecule has 1 radical (unpaired) electrons. The number of hydrogen-bond donors (Lipinski definition) is 1. The molecule has 0 saturated carbocycles. The maximum atomic E-state index is 12.9. The number of aliphatic hydroxyl groups excluding tert-OH is 1. The SMILES string of the molecule is Cn1cnc2c(-c3ccc(C(F)(F)F)cc3)cnc([As][C@@H]3COC[C@H](O)C3)c2c1=O. The number of benzene rings is 1. The summed E-state index contributed by atoms with van der Waals surface area (Å²) >= 11 is -0.580. The first-order valence-electron chi connectivity index (χ1n) is 9.22. The molecule has 2 atom stereocenters. The number of aromatic nitrogens is 3. The number of nitrogens with zero attached hydrogens (tertiary/aromatic N) is 3. The Morgan fingerprint density at radius 1 is 1.20 bits per heavy atom. The first kappa shape index (κ1) is 21.0. The van der Waals surface area contributed by atoms with Crippen molar-refractivity contribution in [3.63, 3.8) is 0 Å². The van der Waals surface area contributed by atoms with Crippen LogP contribution in [0.2, 0.25) is 4.71 Å². The fourth-order valence-corrected chi connectivity index (χ4v) is 6.19. The molecule has 1 saturated heterocycles. The van der Waals surface area contributed by atoms with Crippen LogP contribution in [-0.2, 0) is 18.0 Å². The van der Waals surface area contributed by atoms with Gasteiger partial charge in [0.2, 0.25) is 0 Å². The number of rotatable bonds is 3. The van der Waals surface area contributed by atoms with Crippen molar-refractivity contribution in [3.8, 4) is 11.1 Å². The van der Waals surface area contributed by atoms with Crippen molar-refractivity contribution in [2.45, 2.75) is 23.4 Å². The summed E-state index contributed by atoms with van der Waals surface area (Å²) in [6.07, 6.45) is -1.41. The van der Waals surface area contributed by atoms with Crippen LogP contribution in [0.3, 0.4) is 0 Å². The van der Waals surface area contributed by atoms with Gasteiger partial charge in [0.1, 0.15) is 0 Å². The van der Waals surface area contributed by atoms with Crippen molar-refractivity contribution in [2.75, 3.05) is 13.2 Å². The summed E-state index contributed by atoms with van der Waals surface area (Å²) in [6.45, 7) is 0.809. The van der Waals surface area contributed by atoms with Gasteiger partial charge in [-0.05, 0) is 0 Å². The van der Waals surface area contributed by atoms with Crippen molar-refractivity contribution in [2.24, 2.45) is 7.05 Å². The molecule has 0 spiro atoms. The van der Waals surface area contributed by atoms with Crippen LogP contribution in [-0.4, -0.2) is 54.7 Å². The van der Waals surface area contributed by atoms with Gasteiger partial charge in [0, 0.05) is 0 Å². The quantitative estimate of drug-likeness (QED) is 0.580. The summed E-state index contributed by atoms with van der Waals surface area (Å²) < 4.78 is 46.2. The summed E-state index contributed by atoms with van der Waals surface area (Å²) in [7, 11) is 1.59. The van der Waals surface area contributed by atoms with Crippen molar-refractivity contribution in [3.05, 3.63) is 52.7 Å². The number of aliphatic hydroxyl groups is 1. The van der Waals surface area contributed by atoms with Gasteiger partial charge in [0.25, 0.3) is 0 Å². The topological polar surface area (TPSA) is 77.2 Å². The molecule has 0 bridgehead atoms. The Morgan fingerprint density at radius 3 is 2.60 bits per heavy atom. The first-order valence-corrected chi connectivity index (χ1v) is 11.2. The normalized spacial score (nSPS) is 20.3. The van der Waals surface area contributed by atoms with Crippen molar-refractivity contribution >= 4 is 31.1 Å². The second kappa shape index (κ2) is 8.13. The number of ether oxygens (including phenoxy) is 1. The molecule has 0 unspecified atom stereocenters. The average Bonchev–Trinajstić information content (AvgIpc) is 2.70. The van der Waals surface area contributed by atoms with E-state index in [0.717, 1.165) is 12.1 Å². The molecule has 1 N–H and O–H groups in total. The van der Waals surface area contributed by atoms with E-state index in [0.29, 0.717) is 46.1 Å². The van der Waals surface area contributed by atoms with Gasteiger partial charge < -0.3 is 0 Å². The van der Waals surface area contributed by atoms with Crippen LogP contribution in [0.5, 0.6) is 0 Å². The van der Waals surface area contributed by atoms with E-state index in [-0.39, 0.29) is 10.3 Å². The summed E-state index contributed by atoms with van der Waals surface area (Å²) in [6, 6.07) is 4.72. The summed E-state index contributed by atoms with van der Waals surface area (Å²) in [5, 5.41) is 10.2. The van der Waals surface area contributed by atoms with Gasteiger partial charge >= 0.3 is 176 Å². The van der Waals surface area contributed by atoms with Crippen LogP contribution < -0.4 is 10.0 Å². The van der Waals surface area contributed by atoms with E-state index in [2.05, 4.69) is 9.97 Å². The Hall–Kier alpha value is -2.22. The van der Waals surface area contributed by atoms with Crippen LogP contribution >= 0.6 is 0 Å². The summed E-state index contributed by atoms with van der Waals surface area (Å²) in [5.41, 5.74) is 0.408. The molecule has 6 nitrogen and oxygen atoms in total. The third-order valence-corrected chi connectivity index (χ3v) is 7.66. The van der Waals surface area contributed by atoms with E-state index in [1.807, 2.05) is 0 Å². The molecule has 1 fully saturated rings. The molecule has 3 aromatic rings. The molecule has 2 aromatic heterocycles. The van der Waals surface area contributed by atoms with E-state index in [9.17, 15) is 23.1 Å². The molecule has 1 aliphatic rings. The predicted octanol–water partition coefficient (Wildman–Crippen LogP) is 1.91. The van der Waals surface area contributed by atoms with Gasteiger partial charge in [-0.3, -0.25) is 0 Å². The van der Waals surface area contributed by atoms with E-state index < -0.39 is 33.6 Å². The van der Waals surface area contributed by atoms with E-state index >= 15 is 0 Å². The summed E-state index contributed by atoms with van der Waals surface area (Å²) in [5.74, 6) is 0. The van der Waals surface area contributed by atoms with Crippen molar-refractivity contribution in [1.29, 1.82) is 0 Å². The Labute approximate surface area is 176 Å². The molecule has 10 heteroatoms. The number of halogens is 3. The van der Waals surface area contributed by atoms with E-state index in [1.54, 1.807) is 13.2 Å². The zero-order valence-corrected chi connectivity index (χ0v) is 17.8. The Balaban J connectivity index is 1.80. The summed E-state index contributed by atoms with van der Waals surface area (Å²) in [4.78, 5) is 21.8. The van der Waals surface area contributed by atoms with Gasteiger partial charge in [-0.1, -0.05) is 0 Å². The zero-order valence-electron chi connectivity index (χ0n) is 15.9. The molecular weight excluding hydrogens is 462 g/mol. The van der Waals surface area contributed by atoms with E-state index in [4.69, 9.17) is 4.74 Å². The number of fused-ring (bicyclic) bond motifs is 1. The molecule has 0 amide bonds. The van der Waals surface area contributed by atoms with Crippen LogP contribution in [0, 0.1) is 0 Å². The van der Waals surface area contributed by atoms with Gasteiger partial charge in [0.15, 0.2) is 0 Å². The van der Waals surface area contributed by atoms with E-state index in [1.165, 1.54) is 23.0 Å². The molecule has 1 aliphatic heterocycles. The molecule has 3 heterocycles. The first-order chi connectivity index (χ1) is 14.2. The number of pyridine rings is 1. The fraction of sp³-hybridized carbons (Fsp3) is 0.350. The van der Waals surface area contributed by atoms with Crippen LogP contribution in [0.1, 0.15) is 12.0 Å². The zero-order chi connectivity index (χ0) is 21.5. The Morgan fingerprint density at radius 2 is 1.93 bits per heavy atom. The number of aryl methyl sites for hydroxylation is 1. The second-order valence-electron chi connectivity index (χ2n) is 7.16. The maximum absolute atomic E-state index is 12.9. The van der Waals surface area contributed by atoms with Crippen molar-refractivity contribution in [1.82, 2.24) is 14.5 Å². The predicted molar refractivity (Wildman–Crippen MR) is 106 cm³/mol. The van der Waals surface area contributed by atoms with Crippen LogP contribution in [0.4, 0.5) is 13.2 Å². The van der Waals surface area contributed by atoms with Crippen molar-refractivity contribution < 1.29 is 23.0 Å². The number of hydrogen-bond acceptors (Lipinski definition) is 5. The third-order valence-electron chi connectivity index (χ3n) is 4.92. The second-order valence-corrected chi connectivity index (χ2v) is 10.1. The molecule has 4 rings (SSSR count). The standard InChI is InChI=1S/C20H18AsF3N3O3/c1-27-10-26-17-15(11-2-4-12(5-3-11)20(22,23)24)7-25-18(16(17)19(27)29)21-13-6-14(28)9-30-8-13/h2-5,7,10,13-14,28H,6,8-9H2,1H3/t13-,14+/m0/s1. The van der Waals surface area contributed by atoms with Crippen LogP contribution in [0.15, 0.2) is 41.6 Å². The van der Waals surface area contributed by atoms with Crippen LogP contribution in [0.25, 0.3) is 22.0 Å². The fourth-order valence-electron chi connectivity index (χ4n) is 3.40. The molecule has 1 aromatic carbocycles. The van der Waals surface area contributed by atoms with Gasteiger partial charge in [-0.25, -0.2) is 0 Å². The number of alkyl halides is 3. The molecule has 157 valence electrons.